The summed E-state index contributed by atoms with van der Waals surface area (Å²) in [7, 11) is 1.34. The summed E-state index contributed by atoms with van der Waals surface area (Å²) in [5.74, 6) is 0.890. The van der Waals surface area contributed by atoms with Crippen LogP contribution in [0.5, 0.6) is 11.5 Å². The molecule has 0 unspecified atom stereocenters. The highest BCUT2D eigenvalue weighted by molar-refractivity contribution is 9.10. The van der Waals surface area contributed by atoms with Gasteiger partial charge in [-0.3, -0.25) is 0 Å². The van der Waals surface area contributed by atoms with Crippen molar-refractivity contribution in [3.63, 3.8) is 0 Å². The maximum atomic E-state index is 11.7. The molecular weight excluding hydrogens is 346 g/mol. The van der Waals surface area contributed by atoms with E-state index in [0.29, 0.717) is 30.4 Å². The molecule has 7 heteroatoms. The summed E-state index contributed by atoms with van der Waals surface area (Å²) in [5.41, 5.74) is 2.76. The maximum absolute atomic E-state index is 11.7. The van der Waals surface area contributed by atoms with Gasteiger partial charge in [-0.15, -0.1) is 11.3 Å². The van der Waals surface area contributed by atoms with Gasteiger partial charge in [0.1, 0.15) is 13.2 Å². The molecule has 0 spiro atoms. The summed E-state index contributed by atoms with van der Waals surface area (Å²) >= 11 is 4.84. The van der Waals surface area contributed by atoms with Gasteiger partial charge in [-0.25, -0.2) is 9.78 Å². The summed E-state index contributed by atoms with van der Waals surface area (Å²) in [6, 6.07) is 3.73. The first-order valence-electron chi connectivity index (χ1n) is 5.82. The fourth-order valence-electron chi connectivity index (χ4n) is 1.93. The number of ether oxygens (including phenoxy) is 3. The minimum absolute atomic E-state index is 0.307. The molecule has 0 fully saturated rings. The first-order chi connectivity index (χ1) is 9.70. The van der Waals surface area contributed by atoms with Crippen molar-refractivity contribution in [2.45, 2.75) is 0 Å². The predicted molar refractivity (Wildman–Crippen MR) is 77.6 cm³/mol. The Labute approximate surface area is 127 Å². The molecule has 2 heterocycles. The third-order valence-electron chi connectivity index (χ3n) is 2.81. The summed E-state index contributed by atoms with van der Waals surface area (Å²) in [5, 5.41) is 0. The molecule has 2 aromatic rings. The average Bonchev–Trinajstić information content (AvgIpc) is 2.96. The van der Waals surface area contributed by atoms with Gasteiger partial charge in [0.25, 0.3) is 0 Å². The van der Waals surface area contributed by atoms with Gasteiger partial charge in [0.05, 0.1) is 22.0 Å². The summed E-state index contributed by atoms with van der Waals surface area (Å²) < 4.78 is 16.7. The summed E-state index contributed by atoms with van der Waals surface area (Å²) in [6.45, 7) is 1.04. The van der Waals surface area contributed by atoms with Crippen LogP contribution in [0.15, 0.2) is 22.1 Å². The lowest BCUT2D eigenvalue weighted by Gasteiger charge is -2.20. The van der Waals surface area contributed by atoms with Crippen LogP contribution in [0.3, 0.4) is 0 Å². The van der Waals surface area contributed by atoms with Crippen molar-refractivity contribution in [1.82, 2.24) is 4.98 Å². The zero-order valence-corrected chi connectivity index (χ0v) is 12.9. The van der Waals surface area contributed by atoms with Crippen LogP contribution in [0.2, 0.25) is 0 Å². The van der Waals surface area contributed by atoms with Gasteiger partial charge >= 0.3 is 5.97 Å². The van der Waals surface area contributed by atoms with Crippen molar-refractivity contribution in [1.29, 1.82) is 0 Å². The highest BCUT2D eigenvalue weighted by Gasteiger charge is 2.21. The molecule has 5 nitrogen and oxygen atoms in total. The Morgan fingerprint density at radius 2 is 2.20 bits per heavy atom. The van der Waals surface area contributed by atoms with E-state index >= 15 is 0 Å². The Hall–Kier alpha value is -1.60. The van der Waals surface area contributed by atoms with E-state index in [2.05, 4.69) is 20.9 Å². The molecule has 0 amide bonds. The number of benzene rings is 1. The van der Waals surface area contributed by atoms with Crippen molar-refractivity contribution in [3.8, 4) is 21.9 Å². The number of rotatable bonds is 2. The number of halogens is 1. The van der Waals surface area contributed by atoms with Crippen molar-refractivity contribution >= 4 is 33.2 Å². The second kappa shape index (κ2) is 5.41. The van der Waals surface area contributed by atoms with Crippen molar-refractivity contribution in [3.05, 3.63) is 27.8 Å². The van der Waals surface area contributed by atoms with E-state index in [1.165, 1.54) is 18.4 Å². The molecule has 0 saturated carbocycles. The second-order valence-corrected chi connectivity index (χ2v) is 5.71. The van der Waals surface area contributed by atoms with Gasteiger partial charge < -0.3 is 14.2 Å². The molecule has 1 aliphatic heterocycles. The molecule has 0 N–H and O–H groups in total. The van der Waals surface area contributed by atoms with Crippen LogP contribution in [0.25, 0.3) is 10.4 Å². The number of thiazole rings is 1. The molecule has 104 valence electrons. The number of carbonyl (C=O) groups is 1. The minimum Gasteiger partial charge on any atom is -0.486 e. The Kier molecular flexibility index (Phi) is 3.62. The zero-order chi connectivity index (χ0) is 14.1. The number of methoxy groups -OCH3 is 1. The molecule has 0 atom stereocenters. The normalized spacial score (nSPS) is 13.1. The maximum Gasteiger partial charge on any atom is 0.358 e. The molecule has 1 aromatic carbocycles. The van der Waals surface area contributed by atoms with Crippen LogP contribution >= 0.6 is 27.3 Å². The quantitative estimate of drug-likeness (QED) is 0.774. The van der Waals surface area contributed by atoms with E-state index < -0.39 is 5.97 Å². The number of fused-ring (bicyclic) bond motifs is 1. The summed E-state index contributed by atoms with van der Waals surface area (Å²) in [6.07, 6.45) is 0. The highest BCUT2D eigenvalue weighted by Crippen LogP contribution is 2.42. The Morgan fingerprint density at radius 3 is 3.00 bits per heavy atom. The standard InChI is InChI=1S/C13H10BrNO4S/c1-17-13(16)10-12(20-6-15-10)7-4-8(14)11-9(5-7)18-2-3-19-11/h4-6H,2-3H2,1H3. The van der Waals surface area contributed by atoms with E-state index in [0.717, 1.165) is 14.9 Å². The zero-order valence-electron chi connectivity index (χ0n) is 10.5. The minimum atomic E-state index is -0.452. The van der Waals surface area contributed by atoms with Gasteiger partial charge in [0.2, 0.25) is 0 Å². The van der Waals surface area contributed by atoms with Crippen molar-refractivity contribution in [2.75, 3.05) is 20.3 Å². The van der Waals surface area contributed by atoms with E-state index in [1.807, 2.05) is 12.1 Å². The molecule has 20 heavy (non-hydrogen) atoms. The number of carbonyl (C=O) groups excluding carboxylic acids is 1. The highest BCUT2D eigenvalue weighted by atomic mass is 79.9. The Morgan fingerprint density at radius 1 is 1.40 bits per heavy atom. The van der Waals surface area contributed by atoms with Gasteiger partial charge in [0.15, 0.2) is 17.2 Å². The van der Waals surface area contributed by atoms with Crippen LogP contribution < -0.4 is 9.47 Å². The van der Waals surface area contributed by atoms with Gasteiger partial charge in [-0.2, -0.15) is 0 Å². The van der Waals surface area contributed by atoms with Crippen molar-refractivity contribution in [2.24, 2.45) is 0 Å². The van der Waals surface area contributed by atoms with Crippen LogP contribution in [0.1, 0.15) is 10.5 Å². The molecular formula is C13H10BrNO4S. The van der Waals surface area contributed by atoms with E-state index in [4.69, 9.17) is 14.2 Å². The van der Waals surface area contributed by atoms with Crippen LogP contribution in [0, 0.1) is 0 Å². The van der Waals surface area contributed by atoms with Gasteiger partial charge in [-0.1, -0.05) is 0 Å². The Balaban J connectivity index is 2.09. The third kappa shape index (κ3) is 2.27. The fourth-order valence-corrected chi connectivity index (χ4v) is 3.26. The first kappa shape index (κ1) is 13.4. The van der Waals surface area contributed by atoms with Crippen LogP contribution in [0.4, 0.5) is 0 Å². The summed E-state index contributed by atoms with van der Waals surface area (Å²) in [4.78, 5) is 16.5. The fraction of sp³-hybridized carbons (Fsp3) is 0.231. The smallest absolute Gasteiger partial charge is 0.358 e. The monoisotopic (exact) mass is 355 g/mol. The SMILES string of the molecule is COC(=O)c1ncsc1-c1cc(Br)c2c(c1)OCCO2. The number of esters is 1. The van der Waals surface area contributed by atoms with E-state index in [9.17, 15) is 4.79 Å². The molecule has 0 bridgehead atoms. The molecule has 0 aliphatic carbocycles. The van der Waals surface area contributed by atoms with Crippen LogP contribution in [-0.2, 0) is 4.74 Å². The van der Waals surface area contributed by atoms with Crippen molar-refractivity contribution < 1.29 is 19.0 Å². The molecule has 0 saturated heterocycles. The largest absolute Gasteiger partial charge is 0.486 e. The number of nitrogens with zero attached hydrogens (tertiary/aromatic N) is 1. The van der Waals surface area contributed by atoms with Crippen LogP contribution in [-0.4, -0.2) is 31.3 Å². The topological polar surface area (TPSA) is 57.7 Å². The molecule has 1 aliphatic rings. The molecule has 3 rings (SSSR count). The lowest BCUT2D eigenvalue weighted by atomic mass is 10.1. The Bertz CT molecular complexity index is 670. The predicted octanol–water partition coefficient (Wildman–Crippen LogP) is 3.13. The first-order valence-corrected chi connectivity index (χ1v) is 7.49. The van der Waals surface area contributed by atoms with Gasteiger partial charge in [-0.05, 0) is 33.6 Å². The lowest BCUT2D eigenvalue weighted by Crippen LogP contribution is -2.15. The number of hydrogen-bond acceptors (Lipinski definition) is 6. The van der Waals surface area contributed by atoms with E-state index in [-0.39, 0.29) is 0 Å². The van der Waals surface area contributed by atoms with E-state index in [1.54, 1.807) is 5.51 Å². The third-order valence-corrected chi connectivity index (χ3v) is 4.27. The molecule has 0 radical (unpaired) electrons. The average molecular weight is 356 g/mol. The molecule has 1 aromatic heterocycles. The lowest BCUT2D eigenvalue weighted by molar-refractivity contribution is 0.0596. The number of aromatic nitrogens is 1. The number of hydrogen-bond donors (Lipinski definition) is 0. The van der Waals surface area contributed by atoms with Gasteiger partial charge in [0, 0.05) is 0 Å². The second-order valence-electron chi connectivity index (χ2n) is 4.00.